The SMILES string of the molecule is COc1c(OC(C)=O)ccc(C=O)c1Br. The Morgan fingerprint density at radius 1 is 1.47 bits per heavy atom. The van der Waals surface area contributed by atoms with Gasteiger partial charge in [-0.1, -0.05) is 0 Å². The highest BCUT2D eigenvalue weighted by atomic mass is 79.9. The van der Waals surface area contributed by atoms with Crippen LogP contribution in [0.15, 0.2) is 16.6 Å². The molecule has 0 aliphatic heterocycles. The molecule has 1 rings (SSSR count). The highest BCUT2D eigenvalue weighted by Gasteiger charge is 2.13. The van der Waals surface area contributed by atoms with Gasteiger partial charge in [-0.3, -0.25) is 9.59 Å². The zero-order chi connectivity index (χ0) is 11.4. The number of halogens is 1. The topological polar surface area (TPSA) is 52.6 Å². The molecule has 4 nitrogen and oxygen atoms in total. The number of ether oxygens (including phenoxy) is 2. The second-order valence-corrected chi connectivity index (χ2v) is 3.50. The van der Waals surface area contributed by atoms with Crippen molar-refractivity contribution >= 4 is 28.2 Å². The van der Waals surface area contributed by atoms with Gasteiger partial charge in [0.15, 0.2) is 17.8 Å². The molecule has 0 saturated heterocycles. The molecule has 0 aliphatic carbocycles. The Kier molecular flexibility index (Phi) is 3.85. The molecule has 5 heteroatoms. The standard InChI is InChI=1S/C10H9BrO4/c1-6(13)15-8-4-3-7(5-12)9(11)10(8)14-2/h3-5H,1-2H3. The van der Waals surface area contributed by atoms with Crippen molar-refractivity contribution in [1.82, 2.24) is 0 Å². The third kappa shape index (κ3) is 2.56. The van der Waals surface area contributed by atoms with Crippen LogP contribution in [0.2, 0.25) is 0 Å². The van der Waals surface area contributed by atoms with Crippen molar-refractivity contribution in [2.75, 3.05) is 7.11 Å². The zero-order valence-corrected chi connectivity index (χ0v) is 9.83. The molecule has 1 aromatic rings. The van der Waals surface area contributed by atoms with Crippen LogP contribution in [0, 0.1) is 0 Å². The molecule has 0 N–H and O–H groups in total. The van der Waals surface area contributed by atoms with E-state index in [-0.39, 0.29) is 5.75 Å². The summed E-state index contributed by atoms with van der Waals surface area (Å²) in [5, 5.41) is 0. The van der Waals surface area contributed by atoms with Crippen LogP contribution in [0.5, 0.6) is 11.5 Å². The minimum absolute atomic E-state index is 0.280. The summed E-state index contributed by atoms with van der Waals surface area (Å²) in [5.74, 6) is 0.163. The third-order valence-electron chi connectivity index (χ3n) is 1.68. The molecule has 0 spiro atoms. The van der Waals surface area contributed by atoms with Gasteiger partial charge in [0.05, 0.1) is 11.6 Å². The predicted octanol–water partition coefficient (Wildman–Crippen LogP) is 2.20. The first-order chi connectivity index (χ1) is 7.10. The fourth-order valence-electron chi connectivity index (χ4n) is 1.07. The minimum Gasteiger partial charge on any atom is -0.492 e. The van der Waals surface area contributed by atoms with Crippen LogP contribution >= 0.6 is 15.9 Å². The monoisotopic (exact) mass is 272 g/mol. The molecule has 0 aromatic heterocycles. The third-order valence-corrected chi connectivity index (χ3v) is 2.49. The molecule has 0 amide bonds. The lowest BCUT2D eigenvalue weighted by atomic mass is 10.2. The molecule has 0 radical (unpaired) electrons. The van der Waals surface area contributed by atoms with Crippen molar-refractivity contribution in [3.8, 4) is 11.5 Å². The number of carbonyl (C=O) groups excluding carboxylic acids is 2. The average molecular weight is 273 g/mol. The Labute approximate surface area is 95.3 Å². The van der Waals surface area contributed by atoms with Crippen LogP contribution < -0.4 is 9.47 Å². The van der Waals surface area contributed by atoms with Gasteiger partial charge >= 0.3 is 5.97 Å². The van der Waals surface area contributed by atoms with Crippen LogP contribution in [0.4, 0.5) is 0 Å². The number of rotatable bonds is 3. The van der Waals surface area contributed by atoms with Gasteiger partial charge in [0.25, 0.3) is 0 Å². The normalized spacial score (nSPS) is 9.53. The number of carbonyl (C=O) groups is 2. The van der Waals surface area contributed by atoms with E-state index >= 15 is 0 Å². The summed E-state index contributed by atoms with van der Waals surface area (Å²) >= 11 is 3.19. The van der Waals surface area contributed by atoms with Gasteiger partial charge in [-0.05, 0) is 28.1 Å². The van der Waals surface area contributed by atoms with E-state index in [0.717, 1.165) is 0 Å². The molecule has 80 valence electrons. The first-order valence-electron chi connectivity index (χ1n) is 4.10. The Morgan fingerprint density at radius 2 is 2.13 bits per heavy atom. The lowest BCUT2D eigenvalue weighted by molar-refractivity contribution is -0.132. The van der Waals surface area contributed by atoms with Crippen LogP contribution in [0.3, 0.4) is 0 Å². The molecule has 0 heterocycles. The van der Waals surface area contributed by atoms with Gasteiger partial charge in [0.2, 0.25) is 0 Å². The van der Waals surface area contributed by atoms with Crippen molar-refractivity contribution < 1.29 is 19.1 Å². The summed E-state index contributed by atoms with van der Waals surface area (Å²) in [4.78, 5) is 21.4. The molecule has 0 fully saturated rings. The van der Waals surface area contributed by atoms with E-state index in [0.29, 0.717) is 22.1 Å². The summed E-state index contributed by atoms with van der Waals surface area (Å²) in [5.41, 5.74) is 0.433. The number of benzene rings is 1. The maximum absolute atomic E-state index is 10.8. The Bertz CT molecular complexity index is 401. The van der Waals surface area contributed by atoms with Crippen LogP contribution in [-0.4, -0.2) is 19.4 Å². The van der Waals surface area contributed by atoms with Crippen molar-refractivity contribution in [1.29, 1.82) is 0 Å². The van der Waals surface area contributed by atoms with Gasteiger partial charge < -0.3 is 9.47 Å². The fourth-order valence-corrected chi connectivity index (χ4v) is 1.65. The molecule has 0 atom stereocenters. The minimum atomic E-state index is -0.445. The average Bonchev–Trinajstić information content (AvgIpc) is 2.18. The first kappa shape index (κ1) is 11.7. The Hall–Kier alpha value is -1.36. The van der Waals surface area contributed by atoms with Crippen molar-refractivity contribution in [2.24, 2.45) is 0 Å². The summed E-state index contributed by atoms with van der Waals surface area (Å²) in [6, 6.07) is 3.05. The van der Waals surface area contributed by atoms with Gasteiger partial charge in [0, 0.05) is 12.5 Å². The second-order valence-electron chi connectivity index (χ2n) is 2.71. The second kappa shape index (κ2) is 4.93. The molecule has 0 aliphatic rings. The maximum atomic E-state index is 10.8. The fraction of sp³-hybridized carbons (Fsp3) is 0.200. The van der Waals surface area contributed by atoms with E-state index in [1.807, 2.05) is 0 Å². The van der Waals surface area contributed by atoms with Gasteiger partial charge in [0.1, 0.15) is 0 Å². The molecule has 0 bridgehead atoms. The number of methoxy groups -OCH3 is 1. The number of hydrogen-bond acceptors (Lipinski definition) is 4. The quantitative estimate of drug-likeness (QED) is 0.481. The molecule has 0 saturated carbocycles. The molecule has 1 aromatic carbocycles. The van der Waals surface area contributed by atoms with E-state index in [4.69, 9.17) is 9.47 Å². The van der Waals surface area contributed by atoms with Crippen molar-refractivity contribution in [2.45, 2.75) is 6.92 Å². The number of hydrogen-bond donors (Lipinski definition) is 0. The molecule has 0 unspecified atom stereocenters. The van der Waals surface area contributed by atoms with Crippen molar-refractivity contribution in [3.63, 3.8) is 0 Å². The molecular formula is C10H9BrO4. The van der Waals surface area contributed by atoms with E-state index in [1.165, 1.54) is 26.2 Å². The highest BCUT2D eigenvalue weighted by molar-refractivity contribution is 9.10. The summed E-state index contributed by atoms with van der Waals surface area (Å²) < 4.78 is 10.4. The van der Waals surface area contributed by atoms with E-state index in [1.54, 1.807) is 0 Å². The van der Waals surface area contributed by atoms with Gasteiger partial charge in [-0.2, -0.15) is 0 Å². The summed E-state index contributed by atoms with van der Waals surface area (Å²) in [7, 11) is 1.43. The maximum Gasteiger partial charge on any atom is 0.308 e. The van der Waals surface area contributed by atoms with E-state index < -0.39 is 5.97 Å². The smallest absolute Gasteiger partial charge is 0.308 e. The molecule has 15 heavy (non-hydrogen) atoms. The number of esters is 1. The van der Waals surface area contributed by atoms with Crippen molar-refractivity contribution in [3.05, 3.63) is 22.2 Å². The van der Waals surface area contributed by atoms with Gasteiger partial charge in [-0.15, -0.1) is 0 Å². The first-order valence-corrected chi connectivity index (χ1v) is 4.89. The van der Waals surface area contributed by atoms with Crippen LogP contribution in [-0.2, 0) is 4.79 Å². The summed E-state index contributed by atoms with van der Waals surface area (Å²) in [6.45, 7) is 1.29. The predicted molar refractivity (Wildman–Crippen MR) is 57.4 cm³/mol. The van der Waals surface area contributed by atoms with E-state index in [9.17, 15) is 9.59 Å². The van der Waals surface area contributed by atoms with E-state index in [2.05, 4.69) is 15.9 Å². The highest BCUT2D eigenvalue weighted by Crippen LogP contribution is 2.37. The summed E-state index contributed by atoms with van der Waals surface area (Å²) in [6.07, 6.45) is 0.685. The lowest BCUT2D eigenvalue weighted by Gasteiger charge is -2.10. The van der Waals surface area contributed by atoms with Crippen LogP contribution in [0.25, 0.3) is 0 Å². The zero-order valence-electron chi connectivity index (χ0n) is 8.24. The largest absolute Gasteiger partial charge is 0.492 e. The molecular weight excluding hydrogens is 264 g/mol. The van der Waals surface area contributed by atoms with Crippen LogP contribution in [0.1, 0.15) is 17.3 Å². The number of aldehydes is 1. The Balaban J connectivity index is 3.23. The lowest BCUT2D eigenvalue weighted by Crippen LogP contribution is -2.04. The van der Waals surface area contributed by atoms with Gasteiger partial charge in [-0.25, -0.2) is 0 Å². The Morgan fingerprint density at radius 3 is 2.60 bits per heavy atom.